The van der Waals surface area contributed by atoms with Crippen molar-refractivity contribution in [3.05, 3.63) is 29.6 Å². The number of aryl methyl sites for hydroxylation is 1. The van der Waals surface area contributed by atoms with Crippen molar-refractivity contribution in [2.75, 3.05) is 17.3 Å². The molecule has 2 aromatic heterocycles. The summed E-state index contributed by atoms with van der Waals surface area (Å²) in [6.07, 6.45) is 2.86. The minimum atomic E-state index is -3.39. The van der Waals surface area contributed by atoms with Gasteiger partial charge < -0.3 is 11.1 Å². The van der Waals surface area contributed by atoms with Crippen LogP contribution in [-0.2, 0) is 16.4 Å². The van der Waals surface area contributed by atoms with Gasteiger partial charge in [0.05, 0.1) is 0 Å². The molecule has 0 fully saturated rings. The quantitative estimate of drug-likeness (QED) is 0.886. The molecule has 0 atom stereocenters. The van der Waals surface area contributed by atoms with Gasteiger partial charge in [0.25, 0.3) is 0 Å². The predicted octanol–water partition coefficient (Wildman–Crippen LogP) is 1.44. The van der Waals surface area contributed by atoms with E-state index < -0.39 is 9.84 Å². The maximum Gasteiger partial charge on any atom is 0.182 e. The highest BCUT2D eigenvalue weighted by Crippen LogP contribution is 2.31. The van der Waals surface area contributed by atoms with Crippen LogP contribution in [0.25, 0.3) is 0 Å². The standard InChI is InChI=1S/C11H14N4O2S2/c1-7-3-4-8(5-13-7)6-14-11-9(19(2,16)17)10(12)15-18-11/h3-5,14H,6H2,1-2H3,(H2,12,15). The number of hydrogen-bond acceptors (Lipinski definition) is 7. The number of rotatable bonds is 4. The fraction of sp³-hybridized carbons (Fsp3) is 0.273. The fourth-order valence-electron chi connectivity index (χ4n) is 1.55. The van der Waals surface area contributed by atoms with E-state index >= 15 is 0 Å². The number of nitrogens with two attached hydrogens (primary N) is 1. The largest absolute Gasteiger partial charge is 0.382 e. The van der Waals surface area contributed by atoms with E-state index in [1.54, 1.807) is 6.20 Å². The lowest BCUT2D eigenvalue weighted by molar-refractivity contribution is 0.602. The van der Waals surface area contributed by atoms with Crippen molar-refractivity contribution in [3.8, 4) is 0 Å². The van der Waals surface area contributed by atoms with Crippen LogP contribution >= 0.6 is 11.5 Å². The van der Waals surface area contributed by atoms with Gasteiger partial charge in [-0.05, 0) is 30.1 Å². The van der Waals surface area contributed by atoms with Crippen molar-refractivity contribution in [2.45, 2.75) is 18.4 Å². The molecule has 0 aliphatic carbocycles. The second-order valence-electron chi connectivity index (χ2n) is 4.16. The summed E-state index contributed by atoms with van der Waals surface area (Å²) >= 11 is 1.04. The van der Waals surface area contributed by atoms with Gasteiger partial charge in [0, 0.05) is 24.7 Å². The predicted molar refractivity (Wildman–Crippen MR) is 75.9 cm³/mol. The Morgan fingerprint density at radius 1 is 1.42 bits per heavy atom. The molecule has 0 spiro atoms. The Morgan fingerprint density at radius 3 is 2.74 bits per heavy atom. The Balaban J connectivity index is 2.19. The molecule has 6 nitrogen and oxygen atoms in total. The summed E-state index contributed by atoms with van der Waals surface area (Å²) in [7, 11) is -3.39. The van der Waals surface area contributed by atoms with Crippen LogP contribution in [0.2, 0.25) is 0 Å². The Kier molecular flexibility index (Phi) is 3.72. The summed E-state index contributed by atoms with van der Waals surface area (Å²) in [5.41, 5.74) is 7.47. The Bertz CT molecular complexity index is 677. The third kappa shape index (κ3) is 3.21. The normalized spacial score (nSPS) is 11.5. The third-order valence-electron chi connectivity index (χ3n) is 2.47. The third-order valence-corrected chi connectivity index (χ3v) is 4.57. The van der Waals surface area contributed by atoms with Crippen molar-refractivity contribution in [1.29, 1.82) is 0 Å². The van der Waals surface area contributed by atoms with Gasteiger partial charge in [0.1, 0.15) is 9.90 Å². The molecule has 0 saturated carbocycles. The molecule has 2 aromatic rings. The molecule has 0 aliphatic heterocycles. The van der Waals surface area contributed by atoms with E-state index in [1.165, 1.54) is 0 Å². The molecule has 0 aromatic carbocycles. The van der Waals surface area contributed by atoms with E-state index in [2.05, 4.69) is 14.7 Å². The molecule has 0 saturated heterocycles. The Morgan fingerprint density at radius 2 is 2.16 bits per heavy atom. The maximum atomic E-state index is 11.6. The van der Waals surface area contributed by atoms with Gasteiger partial charge in [-0.3, -0.25) is 4.98 Å². The minimum Gasteiger partial charge on any atom is -0.382 e. The molecule has 102 valence electrons. The van der Waals surface area contributed by atoms with Crippen LogP contribution in [0.1, 0.15) is 11.3 Å². The molecule has 0 amide bonds. The maximum absolute atomic E-state index is 11.6. The zero-order chi connectivity index (χ0) is 14.0. The van der Waals surface area contributed by atoms with E-state index in [0.717, 1.165) is 29.0 Å². The van der Waals surface area contributed by atoms with E-state index in [-0.39, 0.29) is 10.7 Å². The number of nitrogen functional groups attached to an aromatic ring is 1. The Labute approximate surface area is 115 Å². The van der Waals surface area contributed by atoms with Gasteiger partial charge in [0.2, 0.25) is 0 Å². The van der Waals surface area contributed by atoms with Crippen LogP contribution in [0, 0.1) is 6.92 Å². The van der Waals surface area contributed by atoms with Gasteiger partial charge >= 0.3 is 0 Å². The van der Waals surface area contributed by atoms with Gasteiger partial charge in [-0.1, -0.05) is 6.07 Å². The van der Waals surface area contributed by atoms with E-state index in [4.69, 9.17) is 5.73 Å². The second kappa shape index (κ2) is 5.14. The summed E-state index contributed by atoms with van der Waals surface area (Å²) in [5, 5.41) is 3.49. The zero-order valence-corrected chi connectivity index (χ0v) is 12.2. The van der Waals surface area contributed by atoms with E-state index in [9.17, 15) is 8.42 Å². The first kappa shape index (κ1) is 13.8. The smallest absolute Gasteiger partial charge is 0.182 e. The number of pyridine rings is 1. The minimum absolute atomic E-state index is 0.0389. The number of nitrogens with zero attached hydrogens (tertiary/aromatic N) is 2. The van der Waals surface area contributed by atoms with Gasteiger partial charge in [-0.25, -0.2) is 8.42 Å². The second-order valence-corrected chi connectivity index (χ2v) is 6.89. The van der Waals surface area contributed by atoms with Gasteiger partial charge in [0.15, 0.2) is 15.7 Å². The molecule has 8 heteroatoms. The molecule has 0 bridgehead atoms. The summed E-state index contributed by atoms with van der Waals surface area (Å²) in [6.45, 7) is 2.38. The van der Waals surface area contributed by atoms with E-state index in [1.807, 2.05) is 19.1 Å². The molecule has 0 radical (unpaired) electrons. The van der Waals surface area contributed by atoms with Crippen molar-refractivity contribution in [1.82, 2.24) is 9.36 Å². The van der Waals surface area contributed by atoms with Crippen LogP contribution in [0.4, 0.5) is 10.8 Å². The average Bonchev–Trinajstić information content (AvgIpc) is 2.69. The topological polar surface area (TPSA) is 98.0 Å². The summed E-state index contributed by atoms with van der Waals surface area (Å²) in [5.74, 6) is 0.0389. The summed E-state index contributed by atoms with van der Waals surface area (Å²) in [6, 6.07) is 3.83. The highest BCUT2D eigenvalue weighted by molar-refractivity contribution is 7.91. The first-order valence-corrected chi connectivity index (χ1v) is 8.15. The van der Waals surface area contributed by atoms with Crippen molar-refractivity contribution in [2.24, 2.45) is 0 Å². The lowest BCUT2D eigenvalue weighted by Crippen LogP contribution is -2.06. The van der Waals surface area contributed by atoms with Crippen molar-refractivity contribution >= 4 is 32.2 Å². The first-order valence-electron chi connectivity index (χ1n) is 5.48. The average molecular weight is 298 g/mol. The van der Waals surface area contributed by atoms with Gasteiger partial charge in [-0.15, -0.1) is 0 Å². The highest BCUT2D eigenvalue weighted by Gasteiger charge is 2.20. The number of hydrogen-bond donors (Lipinski definition) is 2. The molecule has 3 N–H and O–H groups in total. The molecule has 0 aliphatic rings. The number of sulfone groups is 1. The number of anilines is 2. The first-order chi connectivity index (χ1) is 8.88. The lowest BCUT2D eigenvalue weighted by atomic mass is 10.2. The van der Waals surface area contributed by atoms with Crippen LogP contribution < -0.4 is 11.1 Å². The van der Waals surface area contributed by atoms with Crippen LogP contribution in [0.3, 0.4) is 0 Å². The number of nitrogens with one attached hydrogen (secondary N) is 1. The monoisotopic (exact) mass is 298 g/mol. The molecule has 19 heavy (non-hydrogen) atoms. The summed E-state index contributed by atoms with van der Waals surface area (Å²) in [4.78, 5) is 4.24. The van der Waals surface area contributed by atoms with Gasteiger partial charge in [-0.2, -0.15) is 4.37 Å². The van der Waals surface area contributed by atoms with Crippen LogP contribution in [0.15, 0.2) is 23.2 Å². The lowest BCUT2D eigenvalue weighted by Gasteiger charge is -2.06. The molecule has 2 rings (SSSR count). The fourth-order valence-corrected chi connectivity index (χ4v) is 3.61. The zero-order valence-electron chi connectivity index (χ0n) is 10.5. The molecule has 0 unspecified atom stereocenters. The van der Waals surface area contributed by atoms with Crippen molar-refractivity contribution in [3.63, 3.8) is 0 Å². The SMILES string of the molecule is Cc1ccc(CNc2snc(N)c2S(C)(=O)=O)cn1. The van der Waals surface area contributed by atoms with Crippen molar-refractivity contribution < 1.29 is 8.42 Å². The number of aromatic nitrogens is 2. The molecular weight excluding hydrogens is 284 g/mol. The Hall–Kier alpha value is -1.67. The van der Waals surface area contributed by atoms with E-state index in [0.29, 0.717) is 11.5 Å². The highest BCUT2D eigenvalue weighted by atomic mass is 32.2. The summed E-state index contributed by atoms with van der Waals surface area (Å²) < 4.78 is 27.1. The van der Waals surface area contributed by atoms with Crippen LogP contribution in [-0.4, -0.2) is 24.0 Å². The molecular formula is C11H14N4O2S2. The molecule has 2 heterocycles. The van der Waals surface area contributed by atoms with Crippen LogP contribution in [0.5, 0.6) is 0 Å².